The van der Waals surface area contributed by atoms with Crippen LogP contribution in [0.1, 0.15) is 15.4 Å². The molecule has 0 spiro atoms. The molecule has 1 aliphatic rings. The lowest BCUT2D eigenvalue weighted by Crippen LogP contribution is -2.46. The van der Waals surface area contributed by atoms with Gasteiger partial charge >= 0.3 is 0 Å². The molecule has 2 rings (SSSR count). The number of hydrogen-bond donors (Lipinski definition) is 2. The maximum absolute atomic E-state index is 11.8. The third-order valence-electron chi connectivity index (χ3n) is 2.87. The average Bonchev–Trinajstić information content (AvgIpc) is 2.77. The van der Waals surface area contributed by atoms with E-state index < -0.39 is 0 Å². The van der Waals surface area contributed by atoms with Crippen molar-refractivity contribution in [1.82, 2.24) is 20.5 Å². The minimum Gasteiger partial charge on any atom is -0.350 e. The zero-order valence-electron chi connectivity index (χ0n) is 10.4. The monoisotopic (exact) mass is 290 g/mol. The molecule has 1 saturated heterocycles. The van der Waals surface area contributed by atoms with Crippen LogP contribution in [0.5, 0.6) is 0 Å². The number of nitrogens with one attached hydrogen (secondary N) is 2. The molecule has 0 bridgehead atoms. The molecule has 2 heterocycles. The van der Waals surface area contributed by atoms with Gasteiger partial charge in [0.1, 0.15) is 4.88 Å². The number of carbonyl (C=O) groups is 1. The van der Waals surface area contributed by atoms with E-state index in [0.29, 0.717) is 6.54 Å². The summed E-state index contributed by atoms with van der Waals surface area (Å²) in [6.45, 7) is 7.71. The van der Waals surface area contributed by atoms with Crippen LogP contribution in [0.3, 0.4) is 0 Å². The van der Waals surface area contributed by atoms with Crippen LogP contribution in [0, 0.1) is 6.92 Å². The molecule has 0 aliphatic carbocycles. The number of amides is 1. The summed E-state index contributed by atoms with van der Waals surface area (Å²) in [5, 5.41) is 6.25. The van der Waals surface area contributed by atoms with Crippen molar-refractivity contribution in [1.29, 1.82) is 0 Å². The number of thiazole rings is 1. The Labute approximate surface area is 117 Å². The van der Waals surface area contributed by atoms with Gasteiger partial charge in [-0.25, -0.2) is 4.98 Å². The molecule has 1 aromatic rings. The van der Waals surface area contributed by atoms with Gasteiger partial charge in [0.15, 0.2) is 0 Å². The average molecular weight is 291 g/mol. The Morgan fingerprint density at radius 2 is 2.28 bits per heavy atom. The van der Waals surface area contributed by atoms with Crippen LogP contribution in [0.15, 0.2) is 5.51 Å². The minimum atomic E-state index is 0. The van der Waals surface area contributed by atoms with Crippen LogP contribution in [0.4, 0.5) is 0 Å². The smallest absolute Gasteiger partial charge is 0.263 e. The van der Waals surface area contributed by atoms with Gasteiger partial charge in [-0.3, -0.25) is 9.69 Å². The van der Waals surface area contributed by atoms with Crippen LogP contribution in [0.2, 0.25) is 0 Å². The van der Waals surface area contributed by atoms with Crippen LogP contribution in [0.25, 0.3) is 0 Å². The lowest BCUT2D eigenvalue weighted by molar-refractivity contribution is 0.0950. The highest BCUT2D eigenvalue weighted by Gasteiger charge is 2.12. The van der Waals surface area contributed by atoms with Gasteiger partial charge in [-0.05, 0) is 6.92 Å². The lowest BCUT2D eigenvalue weighted by atomic mass is 10.3. The largest absolute Gasteiger partial charge is 0.350 e. The molecule has 1 amide bonds. The van der Waals surface area contributed by atoms with Crippen molar-refractivity contribution in [2.45, 2.75) is 6.92 Å². The van der Waals surface area contributed by atoms with E-state index in [1.807, 2.05) is 6.92 Å². The van der Waals surface area contributed by atoms with Crippen LogP contribution >= 0.6 is 23.7 Å². The molecular weight excluding hydrogens is 272 g/mol. The molecular formula is C11H19ClN4OS. The summed E-state index contributed by atoms with van der Waals surface area (Å²) in [5.74, 6) is 0.000124. The Kier molecular flexibility index (Phi) is 6.56. The predicted molar refractivity (Wildman–Crippen MR) is 75.7 cm³/mol. The normalized spacial score (nSPS) is 16.1. The number of nitrogens with zero attached hydrogens (tertiary/aromatic N) is 2. The number of halogens is 1. The lowest BCUT2D eigenvalue weighted by Gasteiger charge is -2.27. The second kappa shape index (κ2) is 7.68. The molecule has 5 nitrogen and oxygen atoms in total. The van der Waals surface area contributed by atoms with Crippen molar-refractivity contribution >= 4 is 29.7 Å². The molecule has 0 radical (unpaired) electrons. The first-order valence-corrected chi connectivity index (χ1v) is 6.76. The van der Waals surface area contributed by atoms with E-state index in [2.05, 4.69) is 20.5 Å². The molecule has 1 aliphatic heterocycles. The molecule has 18 heavy (non-hydrogen) atoms. The number of piperazine rings is 1. The van der Waals surface area contributed by atoms with Crippen molar-refractivity contribution in [3.63, 3.8) is 0 Å². The first kappa shape index (κ1) is 15.4. The Morgan fingerprint density at radius 3 is 2.89 bits per heavy atom. The van der Waals surface area contributed by atoms with E-state index in [4.69, 9.17) is 0 Å². The maximum atomic E-state index is 11.8. The van der Waals surface area contributed by atoms with E-state index in [1.165, 1.54) is 11.3 Å². The summed E-state index contributed by atoms with van der Waals surface area (Å²) in [4.78, 5) is 19.0. The predicted octanol–water partition coefficient (Wildman–Crippen LogP) is 0.508. The Hall–Kier alpha value is -0.690. The maximum Gasteiger partial charge on any atom is 0.263 e. The zero-order chi connectivity index (χ0) is 12.1. The number of hydrogen-bond acceptors (Lipinski definition) is 5. The highest BCUT2D eigenvalue weighted by atomic mass is 35.5. The van der Waals surface area contributed by atoms with Gasteiger partial charge in [-0.2, -0.15) is 0 Å². The summed E-state index contributed by atoms with van der Waals surface area (Å²) >= 11 is 1.40. The van der Waals surface area contributed by atoms with E-state index >= 15 is 0 Å². The van der Waals surface area contributed by atoms with Gasteiger partial charge in [0.25, 0.3) is 5.91 Å². The highest BCUT2D eigenvalue weighted by Crippen LogP contribution is 2.11. The molecule has 102 valence electrons. The fourth-order valence-corrected chi connectivity index (χ4v) is 2.58. The number of rotatable bonds is 4. The van der Waals surface area contributed by atoms with Gasteiger partial charge in [-0.15, -0.1) is 23.7 Å². The van der Waals surface area contributed by atoms with Crippen molar-refractivity contribution < 1.29 is 4.79 Å². The summed E-state index contributed by atoms with van der Waals surface area (Å²) in [6.07, 6.45) is 0. The molecule has 7 heteroatoms. The van der Waals surface area contributed by atoms with Gasteiger partial charge < -0.3 is 10.6 Å². The highest BCUT2D eigenvalue weighted by molar-refractivity contribution is 7.11. The molecule has 0 unspecified atom stereocenters. The Balaban J connectivity index is 0.00000162. The van der Waals surface area contributed by atoms with Crippen LogP contribution in [-0.4, -0.2) is 55.1 Å². The van der Waals surface area contributed by atoms with Crippen LogP contribution < -0.4 is 10.6 Å². The van der Waals surface area contributed by atoms with Crippen molar-refractivity contribution in [2.75, 3.05) is 39.3 Å². The number of aromatic nitrogens is 1. The number of aryl methyl sites for hydroxylation is 1. The van der Waals surface area contributed by atoms with Gasteiger partial charge in [0.2, 0.25) is 0 Å². The molecule has 1 fully saturated rings. The van der Waals surface area contributed by atoms with E-state index in [0.717, 1.165) is 43.3 Å². The minimum absolute atomic E-state index is 0. The standard InChI is InChI=1S/C11H18N4OS.ClH/c1-9-10(17-8-14-9)11(16)13-4-7-15-5-2-12-3-6-15;/h8,12H,2-7H2,1H3,(H,13,16);1H. The fraction of sp³-hybridized carbons (Fsp3) is 0.636. The molecule has 1 aromatic heterocycles. The second-order valence-corrected chi connectivity index (χ2v) is 4.97. The van der Waals surface area contributed by atoms with Gasteiger partial charge in [-0.1, -0.05) is 0 Å². The summed E-state index contributed by atoms with van der Waals surface area (Å²) in [7, 11) is 0. The van der Waals surface area contributed by atoms with E-state index in [1.54, 1.807) is 5.51 Å². The number of carbonyl (C=O) groups excluding carboxylic acids is 1. The quantitative estimate of drug-likeness (QED) is 0.848. The molecule has 2 N–H and O–H groups in total. The zero-order valence-corrected chi connectivity index (χ0v) is 12.1. The van der Waals surface area contributed by atoms with Gasteiger partial charge in [0, 0.05) is 39.3 Å². The van der Waals surface area contributed by atoms with Crippen molar-refractivity contribution in [3.8, 4) is 0 Å². The van der Waals surface area contributed by atoms with Crippen molar-refractivity contribution in [2.24, 2.45) is 0 Å². The Morgan fingerprint density at radius 1 is 1.56 bits per heavy atom. The summed E-state index contributed by atoms with van der Waals surface area (Å²) in [6, 6.07) is 0. The first-order chi connectivity index (χ1) is 8.27. The van der Waals surface area contributed by atoms with E-state index in [9.17, 15) is 4.79 Å². The molecule has 0 atom stereocenters. The van der Waals surface area contributed by atoms with Crippen molar-refractivity contribution in [3.05, 3.63) is 16.1 Å². The van der Waals surface area contributed by atoms with Crippen LogP contribution in [-0.2, 0) is 0 Å². The molecule has 0 aromatic carbocycles. The second-order valence-electron chi connectivity index (χ2n) is 4.11. The third kappa shape index (κ3) is 4.20. The van der Waals surface area contributed by atoms with Gasteiger partial charge in [0.05, 0.1) is 11.2 Å². The third-order valence-corrected chi connectivity index (χ3v) is 3.80. The fourth-order valence-electron chi connectivity index (χ4n) is 1.86. The Bertz CT molecular complexity index is 379. The topological polar surface area (TPSA) is 57.3 Å². The molecule has 0 saturated carbocycles. The SMILES string of the molecule is Cc1ncsc1C(=O)NCCN1CCNCC1.Cl. The van der Waals surface area contributed by atoms with E-state index in [-0.39, 0.29) is 18.3 Å². The first-order valence-electron chi connectivity index (χ1n) is 5.89. The summed E-state index contributed by atoms with van der Waals surface area (Å²) in [5.41, 5.74) is 2.52. The summed E-state index contributed by atoms with van der Waals surface area (Å²) < 4.78 is 0.